The van der Waals surface area contributed by atoms with Crippen molar-refractivity contribution >= 4 is 32.2 Å². The zero-order valence-electron chi connectivity index (χ0n) is 10.3. The van der Waals surface area contributed by atoms with E-state index in [-0.39, 0.29) is 15.0 Å². The van der Waals surface area contributed by atoms with Gasteiger partial charge in [0.1, 0.15) is 5.82 Å². The van der Waals surface area contributed by atoms with Crippen LogP contribution in [0.1, 0.15) is 11.3 Å². The van der Waals surface area contributed by atoms with Crippen molar-refractivity contribution in [3.8, 4) is 0 Å². The molecule has 0 fully saturated rings. The fraction of sp³-hybridized carbons (Fsp3) is 0.182. The number of nitrogens with one attached hydrogen (secondary N) is 1. The summed E-state index contributed by atoms with van der Waals surface area (Å²) in [6.45, 7) is 3.16. The molecule has 102 valence electrons. The zero-order valence-corrected chi connectivity index (χ0v) is 11.9. The lowest BCUT2D eigenvalue weighted by molar-refractivity contribution is 0.599. The summed E-state index contributed by atoms with van der Waals surface area (Å²) in [5, 5.41) is 0.156. The van der Waals surface area contributed by atoms with Crippen LogP contribution in [0.25, 0.3) is 0 Å². The highest BCUT2D eigenvalue weighted by atomic mass is 32.2. The van der Waals surface area contributed by atoms with E-state index in [1.807, 2.05) is 0 Å². The van der Waals surface area contributed by atoms with Gasteiger partial charge >= 0.3 is 0 Å². The van der Waals surface area contributed by atoms with Gasteiger partial charge in [0.25, 0.3) is 10.0 Å². The molecule has 19 heavy (non-hydrogen) atoms. The standard InChI is InChI=1S/C11H12FN3O2S2/c1-6-4-3-5-8(12)9(6)15-19(16,17)10-7(2)14-11(13)18-10/h3-5,15H,1-2H3,(H2,13,14). The number of halogens is 1. The largest absolute Gasteiger partial charge is 0.375 e. The zero-order chi connectivity index (χ0) is 14.2. The van der Waals surface area contributed by atoms with Gasteiger partial charge < -0.3 is 5.73 Å². The first-order chi connectivity index (χ1) is 8.81. The van der Waals surface area contributed by atoms with Crippen molar-refractivity contribution in [3.63, 3.8) is 0 Å². The molecular weight excluding hydrogens is 289 g/mol. The van der Waals surface area contributed by atoms with Crippen LogP contribution in [-0.2, 0) is 10.0 Å². The fourth-order valence-electron chi connectivity index (χ4n) is 1.59. The van der Waals surface area contributed by atoms with E-state index in [0.717, 1.165) is 11.3 Å². The maximum absolute atomic E-state index is 13.6. The number of hydrogen-bond acceptors (Lipinski definition) is 5. The highest BCUT2D eigenvalue weighted by Gasteiger charge is 2.23. The smallest absolute Gasteiger partial charge is 0.273 e. The molecule has 2 rings (SSSR count). The Morgan fingerprint density at radius 1 is 1.37 bits per heavy atom. The van der Waals surface area contributed by atoms with Gasteiger partial charge in [-0.25, -0.2) is 17.8 Å². The molecule has 3 N–H and O–H groups in total. The second kappa shape index (κ2) is 4.78. The summed E-state index contributed by atoms with van der Waals surface area (Å²) in [7, 11) is -3.88. The van der Waals surface area contributed by atoms with E-state index in [9.17, 15) is 12.8 Å². The molecule has 0 saturated carbocycles. The van der Waals surface area contributed by atoms with E-state index in [0.29, 0.717) is 11.3 Å². The number of para-hydroxylation sites is 1. The molecular formula is C11H12FN3O2S2. The van der Waals surface area contributed by atoms with Gasteiger partial charge in [0.15, 0.2) is 9.34 Å². The van der Waals surface area contributed by atoms with E-state index < -0.39 is 15.8 Å². The maximum Gasteiger partial charge on any atom is 0.273 e. The summed E-state index contributed by atoms with van der Waals surface area (Å²) >= 11 is 0.846. The number of nitrogen functional groups attached to an aromatic ring is 1. The Morgan fingerprint density at radius 3 is 2.58 bits per heavy atom. The topological polar surface area (TPSA) is 85.1 Å². The van der Waals surface area contributed by atoms with Gasteiger partial charge in [-0.2, -0.15) is 0 Å². The molecule has 0 radical (unpaired) electrons. The Labute approximate surface area is 114 Å². The molecule has 8 heteroatoms. The van der Waals surface area contributed by atoms with Crippen molar-refractivity contribution in [2.24, 2.45) is 0 Å². The van der Waals surface area contributed by atoms with Crippen molar-refractivity contribution in [1.29, 1.82) is 0 Å². The summed E-state index contributed by atoms with van der Waals surface area (Å²) in [6.07, 6.45) is 0. The minimum atomic E-state index is -3.88. The normalized spacial score (nSPS) is 11.5. The number of anilines is 2. The van der Waals surface area contributed by atoms with Crippen molar-refractivity contribution in [3.05, 3.63) is 35.3 Å². The lowest BCUT2D eigenvalue weighted by Crippen LogP contribution is -2.14. The average Bonchev–Trinajstić information content (AvgIpc) is 2.64. The highest BCUT2D eigenvalue weighted by Crippen LogP contribution is 2.28. The number of aryl methyl sites for hydroxylation is 2. The summed E-state index contributed by atoms with van der Waals surface area (Å²) in [6, 6.07) is 4.33. The van der Waals surface area contributed by atoms with E-state index >= 15 is 0 Å². The molecule has 1 aromatic carbocycles. The number of thiazole rings is 1. The first kappa shape index (κ1) is 13.8. The number of benzene rings is 1. The Balaban J connectivity index is 2.45. The van der Waals surface area contributed by atoms with Crippen molar-refractivity contribution < 1.29 is 12.8 Å². The van der Waals surface area contributed by atoms with Crippen LogP contribution in [0.15, 0.2) is 22.4 Å². The van der Waals surface area contributed by atoms with Crippen LogP contribution in [0.2, 0.25) is 0 Å². The Hall–Kier alpha value is -1.67. The van der Waals surface area contributed by atoms with Crippen molar-refractivity contribution in [2.45, 2.75) is 18.1 Å². The highest BCUT2D eigenvalue weighted by molar-refractivity contribution is 7.94. The fourth-order valence-corrected chi connectivity index (χ4v) is 4.03. The molecule has 0 atom stereocenters. The second-order valence-electron chi connectivity index (χ2n) is 3.96. The van der Waals surface area contributed by atoms with Gasteiger partial charge in [-0.1, -0.05) is 23.5 Å². The van der Waals surface area contributed by atoms with Gasteiger partial charge in [-0.05, 0) is 25.5 Å². The van der Waals surface area contributed by atoms with Gasteiger partial charge in [0.2, 0.25) is 0 Å². The second-order valence-corrected chi connectivity index (χ2v) is 6.87. The molecule has 0 saturated heterocycles. The van der Waals surface area contributed by atoms with Gasteiger partial charge in [-0.15, -0.1) is 0 Å². The van der Waals surface area contributed by atoms with Crippen LogP contribution in [0.4, 0.5) is 15.2 Å². The average molecular weight is 301 g/mol. The molecule has 1 heterocycles. The number of rotatable bonds is 3. The molecule has 0 bridgehead atoms. The van der Waals surface area contributed by atoms with Crippen LogP contribution >= 0.6 is 11.3 Å². The maximum atomic E-state index is 13.6. The minimum Gasteiger partial charge on any atom is -0.375 e. The molecule has 0 amide bonds. The van der Waals surface area contributed by atoms with Crippen molar-refractivity contribution in [2.75, 3.05) is 10.5 Å². The van der Waals surface area contributed by atoms with Gasteiger partial charge in [-0.3, -0.25) is 4.72 Å². The number of hydrogen-bond donors (Lipinski definition) is 2. The van der Waals surface area contributed by atoms with Crippen molar-refractivity contribution in [1.82, 2.24) is 4.98 Å². The Morgan fingerprint density at radius 2 is 2.05 bits per heavy atom. The predicted molar refractivity (Wildman–Crippen MR) is 73.2 cm³/mol. The summed E-state index contributed by atoms with van der Waals surface area (Å²) < 4.78 is 40.2. The quantitative estimate of drug-likeness (QED) is 0.910. The summed E-state index contributed by atoms with van der Waals surface area (Å²) in [4.78, 5) is 3.85. The van der Waals surface area contributed by atoms with E-state index in [4.69, 9.17) is 5.73 Å². The molecule has 0 aliphatic heterocycles. The Bertz CT molecular complexity index is 705. The molecule has 0 aliphatic rings. The number of nitrogens with two attached hydrogens (primary N) is 1. The molecule has 0 aliphatic carbocycles. The van der Waals surface area contributed by atoms with Gasteiger partial charge in [0.05, 0.1) is 11.4 Å². The van der Waals surface area contributed by atoms with Gasteiger partial charge in [0, 0.05) is 0 Å². The van der Waals surface area contributed by atoms with E-state index in [1.54, 1.807) is 13.0 Å². The first-order valence-electron chi connectivity index (χ1n) is 5.32. The van der Waals surface area contributed by atoms with Crippen LogP contribution in [-0.4, -0.2) is 13.4 Å². The summed E-state index contributed by atoms with van der Waals surface area (Å²) in [5.41, 5.74) is 6.20. The number of aromatic nitrogens is 1. The lowest BCUT2D eigenvalue weighted by atomic mass is 10.2. The molecule has 1 aromatic heterocycles. The third-order valence-electron chi connectivity index (χ3n) is 2.47. The molecule has 0 unspecified atom stereocenters. The SMILES string of the molecule is Cc1cccc(F)c1NS(=O)(=O)c1sc(N)nc1C. The van der Waals surface area contributed by atoms with Crippen LogP contribution < -0.4 is 10.5 Å². The van der Waals surface area contributed by atoms with E-state index in [2.05, 4.69) is 9.71 Å². The molecule has 2 aromatic rings. The lowest BCUT2D eigenvalue weighted by Gasteiger charge is -2.10. The molecule has 5 nitrogen and oxygen atoms in total. The minimum absolute atomic E-state index is 0.00680. The summed E-state index contributed by atoms with van der Waals surface area (Å²) in [5.74, 6) is -0.626. The monoisotopic (exact) mass is 301 g/mol. The Kier molecular flexibility index (Phi) is 3.46. The third kappa shape index (κ3) is 2.69. The van der Waals surface area contributed by atoms with Crippen LogP contribution in [0, 0.1) is 19.7 Å². The first-order valence-corrected chi connectivity index (χ1v) is 7.62. The number of sulfonamides is 1. The van der Waals surface area contributed by atoms with Crippen LogP contribution in [0.5, 0.6) is 0 Å². The number of nitrogens with zero attached hydrogens (tertiary/aromatic N) is 1. The predicted octanol–water partition coefficient (Wildman–Crippen LogP) is 2.28. The third-order valence-corrected chi connectivity index (χ3v) is 5.42. The van der Waals surface area contributed by atoms with Crippen LogP contribution in [0.3, 0.4) is 0 Å². The molecule has 0 spiro atoms. The van der Waals surface area contributed by atoms with E-state index in [1.165, 1.54) is 19.1 Å².